The van der Waals surface area contributed by atoms with Gasteiger partial charge in [-0.15, -0.1) is 0 Å². The molecule has 30 heavy (non-hydrogen) atoms. The normalized spacial score (nSPS) is 16.0. The maximum absolute atomic E-state index is 12.7. The maximum Gasteiger partial charge on any atom is 0.241 e. The summed E-state index contributed by atoms with van der Waals surface area (Å²) in [4.78, 5) is 14.9. The van der Waals surface area contributed by atoms with Crippen LogP contribution in [0.4, 0.5) is 0 Å². The second-order valence-electron chi connectivity index (χ2n) is 7.95. The van der Waals surface area contributed by atoms with Gasteiger partial charge in [0.25, 0.3) is 0 Å². The maximum atomic E-state index is 12.7. The summed E-state index contributed by atoms with van der Waals surface area (Å²) in [5.74, 6) is 0.647. The molecule has 1 aliphatic heterocycles. The van der Waals surface area contributed by atoms with Crippen LogP contribution in [0.15, 0.2) is 39.8 Å². The molecule has 2 N–H and O–H groups in total. The highest BCUT2D eigenvalue weighted by Crippen LogP contribution is 2.25. The third kappa shape index (κ3) is 5.50. The lowest BCUT2D eigenvalue weighted by atomic mass is 10.1. The molecule has 1 unspecified atom stereocenters. The van der Waals surface area contributed by atoms with Crippen LogP contribution in [-0.2, 0) is 14.8 Å². The van der Waals surface area contributed by atoms with Gasteiger partial charge in [0, 0.05) is 19.5 Å². The van der Waals surface area contributed by atoms with Crippen molar-refractivity contribution in [2.75, 3.05) is 26.2 Å². The van der Waals surface area contributed by atoms with Gasteiger partial charge in [-0.3, -0.25) is 9.69 Å². The zero-order chi connectivity index (χ0) is 21.7. The van der Waals surface area contributed by atoms with Crippen molar-refractivity contribution in [3.8, 4) is 0 Å². The fourth-order valence-electron chi connectivity index (χ4n) is 4.20. The molecular weight excluding hydrogens is 402 g/mol. The molecule has 2 aromatic rings. The summed E-state index contributed by atoms with van der Waals surface area (Å²) in [5.41, 5.74) is 2.43. The highest BCUT2D eigenvalue weighted by Gasteiger charge is 2.26. The van der Waals surface area contributed by atoms with Crippen molar-refractivity contribution in [3.05, 3.63) is 53.0 Å². The van der Waals surface area contributed by atoms with Gasteiger partial charge in [0.15, 0.2) is 0 Å². The Labute approximate surface area is 178 Å². The number of carbonyl (C=O) groups is 1. The van der Waals surface area contributed by atoms with E-state index in [1.54, 1.807) is 20.1 Å². The molecule has 1 amide bonds. The molecule has 2 heterocycles. The van der Waals surface area contributed by atoms with Gasteiger partial charge in [-0.1, -0.05) is 17.7 Å². The van der Waals surface area contributed by atoms with Gasteiger partial charge in [0.05, 0.1) is 17.2 Å². The Hall–Kier alpha value is -2.16. The number of hydrogen-bond donors (Lipinski definition) is 2. The molecule has 0 spiro atoms. The minimum atomic E-state index is -3.67. The van der Waals surface area contributed by atoms with E-state index in [0.717, 1.165) is 37.3 Å². The number of nitrogens with one attached hydrogen (secondary N) is 2. The Balaban J connectivity index is 1.53. The van der Waals surface area contributed by atoms with E-state index in [4.69, 9.17) is 4.42 Å². The molecule has 0 aliphatic carbocycles. The summed E-state index contributed by atoms with van der Waals surface area (Å²) in [6.07, 6.45) is 4.01. The number of nitrogens with zero attached hydrogens (tertiary/aromatic N) is 1. The van der Waals surface area contributed by atoms with E-state index in [9.17, 15) is 13.2 Å². The van der Waals surface area contributed by atoms with E-state index < -0.39 is 10.0 Å². The number of likely N-dealkylation sites (tertiary alicyclic amines) is 1. The minimum Gasteiger partial charge on any atom is -0.468 e. The van der Waals surface area contributed by atoms with Crippen molar-refractivity contribution in [1.82, 2.24) is 14.9 Å². The van der Waals surface area contributed by atoms with Gasteiger partial charge in [0.2, 0.25) is 15.9 Å². The summed E-state index contributed by atoms with van der Waals surface area (Å²) in [5, 5.41) is 2.93. The molecule has 1 atom stereocenters. The highest BCUT2D eigenvalue weighted by molar-refractivity contribution is 7.89. The summed E-state index contributed by atoms with van der Waals surface area (Å²) in [6, 6.07) is 7.48. The predicted molar refractivity (Wildman–Crippen MR) is 116 cm³/mol. The molecule has 1 aliphatic rings. The van der Waals surface area contributed by atoms with E-state index >= 15 is 0 Å². The fraction of sp³-hybridized carbons (Fsp3) is 0.500. The van der Waals surface area contributed by atoms with Crippen molar-refractivity contribution in [3.63, 3.8) is 0 Å². The third-order valence-electron chi connectivity index (χ3n) is 5.46. The smallest absolute Gasteiger partial charge is 0.241 e. The van der Waals surface area contributed by atoms with Crippen molar-refractivity contribution < 1.29 is 17.6 Å². The van der Waals surface area contributed by atoms with Gasteiger partial charge in [-0.25, -0.2) is 13.1 Å². The first-order valence-corrected chi connectivity index (χ1v) is 11.9. The van der Waals surface area contributed by atoms with Gasteiger partial charge < -0.3 is 9.73 Å². The van der Waals surface area contributed by atoms with Crippen LogP contribution in [0.5, 0.6) is 0 Å². The zero-order valence-electron chi connectivity index (χ0n) is 17.9. The number of rotatable bonds is 9. The molecule has 0 saturated carbocycles. The van der Waals surface area contributed by atoms with Crippen LogP contribution in [0, 0.1) is 20.8 Å². The van der Waals surface area contributed by atoms with Gasteiger partial charge in [0.1, 0.15) is 5.76 Å². The summed E-state index contributed by atoms with van der Waals surface area (Å²) < 4.78 is 33.5. The first-order chi connectivity index (χ1) is 14.3. The quantitative estimate of drug-likeness (QED) is 0.635. The lowest BCUT2D eigenvalue weighted by Crippen LogP contribution is -2.38. The average molecular weight is 434 g/mol. The summed E-state index contributed by atoms with van der Waals surface area (Å²) in [7, 11) is -3.67. The number of sulfonamides is 1. The Kier molecular flexibility index (Phi) is 7.33. The minimum absolute atomic E-state index is 0.000925. The van der Waals surface area contributed by atoms with E-state index in [-0.39, 0.29) is 24.9 Å². The number of aryl methyl sites for hydroxylation is 3. The number of furan rings is 1. The Morgan fingerprint density at radius 1 is 1.17 bits per heavy atom. The number of carbonyl (C=O) groups excluding carboxylic acids is 1. The van der Waals surface area contributed by atoms with Gasteiger partial charge in [-0.2, -0.15) is 0 Å². The van der Waals surface area contributed by atoms with E-state index in [0.29, 0.717) is 22.6 Å². The second kappa shape index (κ2) is 9.76. The third-order valence-corrected chi connectivity index (χ3v) is 7.23. The first-order valence-electron chi connectivity index (χ1n) is 10.4. The number of hydrogen-bond acceptors (Lipinski definition) is 5. The Morgan fingerprint density at radius 2 is 1.83 bits per heavy atom. The lowest BCUT2D eigenvalue weighted by Gasteiger charge is -2.26. The van der Waals surface area contributed by atoms with Crippen LogP contribution in [0.3, 0.4) is 0 Å². The van der Waals surface area contributed by atoms with E-state index in [1.165, 1.54) is 0 Å². The molecule has 1 fully saturated rings. The van der Waals surface area contributed by atoms with Crippen LogP contribution < -0.4 is 10.0 Å². The molecular formula is C22H31N3O4S. The van der Waals surface area contributed by atoms with E-state index in [2.05, 4.69) is 14.9 Å². The lowest BCUT2D eigenvalue weighted by molar-refractivity contribution is -0.121. The molecule has 1 saturated heterocycles. The standard InChI is InChI=1S/C22H31N3O4S/c1-16-13-17(2)22(18(3)14-16)30(27,28)24-9-8-21(26)23-15-19(20-7-6-12-29-20)25-10-4-5-11-25/h6-7,12-14,19,24H,4-5,8-11,15H2,1-3H3,(H,23,26). The molecule has 1 aromatic heterocycles. The topological polar surface area (TPSA) is 91.6 Å². The SMILES string of the molecule is Cc1cc(C)c(S(=O)(=O)NCCC(=O)NCC(c2ccco2)N2CCCC2)c(C)c1. The average Bonchev–Trinajstić information content (AvgIpc) is 3.35. The molecule has 0 bridgehead atoms. The molecule has 8 heteroatoms. The highest BCUT2D eigenvalue weighted by atomic mass is 32.2. The van der Waals surface area contributed by atoms with Crippen LogP contribution in [0.25, 0.3) is 0 Å². The molecule has 1 aromatic carbocycles. The van der Waals surface area contributed by atoms with Crippen LogP contribution >= 0.6 is 0 Å². The fourth-order valence-corrected chi connectivity index (χ4v) is 5.69. The van der Waals surface area contributed by atoms with Crippen molar-refractivity contribution >= 4 is 15.9 Å². The predicted octanol–water partition coefficient (Wildman–Crippen LogP) is 2.83. The molecule has 3 rings (SSSR count). The molecule has 7 nitrogen and oxygen atoms in total. The molecule has 0 radical (unpaired) electrons. The Morgan fingerprint density at radius 3 is 2.43 bits per heavy atom. The van der Waals surface area contributed by atoms with Gasteiger partial charge >= 0.3 is 0 Å². The second-order valence-corrected chi connectivity index (χ2v) is 9.66. The van der Waals surface area contributed by atoms with Crippen LogP contribution in [-0.4, -0.2) is 45.4 Å². The molecule has 164 valence electrons. The number of amides is 1. The van der Waals surface area contributed by atoms with Crippen LogP contribution in [0.1, 0.15) is 47.8 Å². The monoisotopic (exact) mass is 433 g/mol. The number of benzene rings is 1. The van der Waals surface area contributed by atoms with Crippen molar-refractivity contribution in [1.29, 1.82) is 0 Å². The summed E-state index contributed by atoms with van der Waals surface area (Å²) in [6.45, 7) is 7.97. The zero-order valence-corrected chi connectivity index (χ0v) is 18.7. The van der Waals surface area contributed by atoms with E-state index in [1.807, 2.05) is 31.2 Å². The first kappa shape index (κ1) is 22.5. The Bertz CT molecular complexity index is 941. The van der Waals surface area contributed by atoms with Gasteiger partial charge in [-0.05, 0) is 70.0 Å². The summed E-state index contributed by atoms with van der Waals surface area (Å²) >= 11 is 0. The largest absolute Gasteiger partial charge is 0.468 e. The van der Waals surface area contributed by atoms with Crippen molar-refractivity contribution in [2.45, 2.75) is 51.0 Å². The van der Waals surface area contributed by atoms with Crippen molar-refractivity contribution in [2.24, 2.45) is 0 Å². The van der Waals surface area contributed by atoms with Crippen LogP contribution in [0.2, 0.25) is 0 Å².